The normalized spacial score (nSPS) is 35.0. The van der Waals surface area contributed by atoms with Crippen LogP contribution in [0.5, 0.6) is 0 Å². The Hall–Kier alpha value is -1.12. The zero-order valence-electron chi connectivity index (χ0n) is 13.2. The van der Waals surface area contributed by atoms with Crippen molar-refractivity contribution in [1.29, 1.82) is 0 Å². The molecular formula is C17H25O3-. The molecule has 0 aliphatic heterocycles. The molecule has 3 atom stereocenters. The van der Waals surface area contributed by atoms with Gasteiger partial charge in [0.1, 0.15) is 0 Å². The Kier molecular flexibility index (Phi) is 3.60. The van der Waals surface area contributed by atoms with Crippen LogP contribution in [0.1, 0.15) is 53.9 Å². The Morgan fingerprint density at radius 1 is 1.40 bits per heavy atom. The Balaban J connectivity index is 2.36. The fraction of sp³-hybridized carbons (Fsp3) is 0.765. The number of carbonyl (C=O) groups excluding carboxylic acids is 2. The van der Waals surface area contributed by atoms with E-state index in [-0.39, 0.29) is 28.4 Å². The molecule has 2 rings (SSSR count). The van der Waals surface area contributed by atoms with Crippen LogP contribution >= 0.6 is 0 Å². The standard InChI is InChI=1S/C17H26O3/c1-10(2)8-11(15(19)20)9-12-13-6-7-17(5,14(12)18)16(13,3)4/h9-11,13H,6-8H2,1-5H3,(H,19,20)/p-1/b12-9+/t11-,13+,17-/m1/s1. The number of hydrogen-bond acceptors (Lipinski definition) is 3. The number of ketones is 1. The third-order valence-electron chi connectivity index (χ3n) is 5.77. The lowest BCUT2D eigenvalue weighted by Crippen LogP contribution is -2.33. The van der Waals surface area contributed by atoms with E-state index in [4.69, 9.17) is 0 Å². The maximum Gasteiger partial charge on any atom is 0.165 e. The number of carboxylic acids is 1. The van der Waals surface area contributed by atoms with Crippen LogP contribution in [0.25, 0.3) is 0 Å². The molecule has 0 amide bonds. The predicted octanol–water partition coefficient (Wildman–Crippen LogP) is 2.35. The number of rotatable bonds is 4. The quantitative estimate of drug-likeness (QED) is 0.741. The van der Waals surface area contributed by atoms with Crippen molar-refractivity contribution < 1.29 is 14.7 Å². The summed E-state index contributed by atoms with van der Waals surface area (Å²) in [6.07, 6.45) is 4.14. The molecule has 2 saturated carbocycles. The number of carbonyl (C=O) groups is 2. The van der Waals surface area contributed by atoms with Crippen molar-refractivity contribution in [3.05, 3.63) is 11.6 Å². The predicted molar refractivity (Wildman–Crippen MR) is 75.7 cm³/mol. The van der Waals surface area contributed by atoms with Crippen molar-refractivity contribution in [2.45, 2.75) is 53.9 Å². The highest BCUT2D eigenvalue weighted by molar-refractivity contribution is 6.05. The first-order chi connectivity index (χ1) is 9.11. The summed E-state index contributed by atoms with van der Waals surface area (Å²) in [5.41, 5.74) is 0.362. The lowest BCUT2D eigenvalue weighted by molar-refractivity contribution is -0.310. The van der Waals surface area contributed by atoms with Gasteiger partial charge >= 0.3 is 0 Å². The van der Waals surface area contributed by atoms with Gasteiger partial charge in [-0.25, -0.2) is 0 Å². The SMILES string of the molecule is CC(C)C[C@H](/C=C1/C(=O)[C@@]2(C)CC[C@@H]1C2(C)C)C(=O)[O-]. The molecule has 0 heterocycles. The Morgan fingerprint density at radius 3 is 2.40 bits per heavy atom. The maximum atomic E-state index is 12.7. The van der Waals surface area contributed by atoms with Crippen LogP contribution in [0.15, 0.2) is 11.6 Å². The summed E-state index contributed by atoms with van der Waals surface area (Å²) >= 11 is 0. The largest absolute Gasteiger partial charge is 0.550 e. The molecule has 2 aliphatic rings. The third kappa shape index (κ3) is 2.02. The molecule has 2 fully saturated rings. The monoisotopic (exact) mass is 277 g/mol. The molecule has 2 bridgehead atoms. The molecule has 0 aromatic heterocycles. The van der Waals surface area contributed by atoms with Crippen LogP contribution in [-0.2, 0) is 9.59 Å². The number of fused-ring (bicyclic) bond motifs is 2. The summed E-state index contributed by atoms with van der Waals surface area (Å²) < 4.78 is 0. The first kappa shape index (κ1) is 15.3. The summed E-state index contributed by atoms with van der Waals surface area (Å²) in [6, 6.07) is 0. The van der Waals surface area contributed by atoms with Crippen LogP contribution in [-0.4, -0.2) is 11.8 Å². The first-order valence-electron chi connectivity index (χ1n) is 7.58. The van der Waals surface area contributed by atoms with Crippen molar-refractivity contribution in [1.82, 2.24) is 0 Å². The molecule has 0 spiro atoms. The van der Waals surface area contributed by atoms with E-state index in [1.54, 1.807) is 6.08 Å². The molecule has 20 heavy (non-hydrogen) atoms. The average Bonchev–Trinajstić information content (AvgIpc) is 2.62. The number of aliphatic carboxylic acids is 1. The zero-order chi connectivity index (χ0) is 15.3. The Bertz CT molecular complexity index is 473. The number of Topliss-reactive ketones (excluding diaryl/α,β-unsaturated/α-hetero) is 1. The van der Waals surface area contributed by atoms with Gasteiger partial charge in [0.05, 0.1) is 0 Å². The Labute approximate surface area is 121 Å². The van der Waals surface area contributed by atoms with Gasteiger partial charge in [-0.05, 0) is 42.1 Å². The maximum absolute atomic E-state index is 12.7. The molecule has 0 aromatic carbocycles. The minimum absolute atomic E-state index is 0.0652. The van der Waals surface area contributed by atoms with Gasteiger partial charge in [0.15, 0.2) is 5.78 Å². The molecule has 3 heteroatoms. The number of hydrogen-bond donors (Lipinski definition) is 0. The smallest absolute Gasteiger partial charge is 0.165 e. The van der Waals surface area contributed by atoms with E-state index >= 15 is 0 Å². The Morgan fingerprint density at radius 2 is 2.00 bits per heavy atom. The molecule has 0 unspecified atom stereocenters. The lowest BCUT2D eigenvalue weighted by atomic mass is 9.70. The summed E-state index contributed by atoms with van der Waals surface area (Å²) in [6.45, 7) is 10.3. The van der Waals surface area contributed by atoms with Crippen molar-refractivity contribution in [3.8, 4) is 0 Å². The topological polar surface area (TPSA) is 57.2 Å². The van der Waals surface area contributed by atoms with E-state index in [1.807, 2.05) is 20.8 Å². The highest BCUT2D eigenvalue weighted by atomic mass is 16.4. The minimum atomic E-state index is -1.07. The first-order valence-corrected chi connectivity index (χ1v) is 7.58. The highest BCUT2D eigenvalue weighted by Crippen LogP contribution is 2.65. The summed E-state index contributed by atoms with van der Waals surface area (Å²) in [5.74, 6) is -1.08. The van der Waals surface area contributed by atoms with Crippen LogP contribution in [0.4, 0.5) is 0 Å². The molecule has 0 aromatic rings. The van der Waals surface area contributed by atoms with E-state index in [2.05, 4.69) is 13.8 Å². The van der Waals surface area contributed by atoms with Crippen molar-refractivity contribution in [2.24, 2.45) is 28.6 Å². The fourth-order valence-corrected chi connectivity index (χ4v) is 4.08. The summed E-state index contributed by atoms with van der Waals surface area (Å²) in [7, 11) is 0. The summed E-state index contributed by atoms with van der Waals surface area (Å²) in [5, 5.41) is 11.3. The van der Waals surface area contributed by atoms with Gasteiger partial charge in [-0.2, -0.15) is 0 Å². The van der Waals surface area contributed by atoms with E-state index in [0.717, 1.165) is 18.4 Å². The van der Waals surface area contributed by atoms with Crippen molar-refractivity contribution in [2.75, 3.05) is 0 Å². The van der Waals surface area contributed by atoms with E-state index in [1.165, 1.54) is 0 Å². The van der Waals surface area contributed by atoms with Crippen LogP contribution in [0.3, 0.4) is 0 Å². The van der Waals surface area contributed by atoms with Crippen LogP contribution in [0.2, 0.25) is 0 Å². The molecule has 3 nitrogen and oxygen atoms in total. The average molecular weight is 277 g/mol. The van der Waals surface area contributed by atoms with Gasteiger partial charge in [-0.3, -0.25) is 4.79 Å². The second-order valence-corrected chi connectivity index (χ2v) is 7.65. The van der Waals surface area contributed by atoms with Gasteiger partial charge in [0.25, 0.3) is 0 Å². The molecule has 0 N–H and O–H groups in total. The van der Waals surface area contributed by atoms with Gasteiger partial charge in [0.2, 0.25) is 0 Å². The second kappa shape index (κ2) is 4.71. The molecular weight excluding hydrogens is 252 g/mol. The molecule has 0 radical (unpaired) electrons. The molecule has 0 saturated heterocycles. The van der Waals surface area contributed by atoms with E-state index in [9.17, 15) is 14.7 Å². The summed E-state index contributed by atoms with van der Waals surface area (Å²) in [4.78, 5) is 24.0. The molecule has 2 aliphatic carbocycles. The van der Waals surface area contributed by atoms with Gasteiger partial charge in [0, 0.05) is 17.3 Å². The van der Waals surface area contributed by atoms with Gasteiger partial charge in [-0.1, -0.05) is 40.7 Å². The van der Waals surface area contributed by atoms with E-state index < -0.39 is 11.9 Å². The van der Waals surface area contributed by atoms with Crippen molar-refractivity contribution >= 4 is 11.8 Å². The third-order valence-corrected chi connectivity index (χ3v) is 5.77. The van der Waals surface area contributed by atoms with Gasteiger partial charge < -0.3 is 9.90 Å². The number of allylic oxidation sites excluding steroid dienone is 1. The van der Waals surface area contributed by atoms with Crippen molar-refractivity contribution in [3.63, 3.8) is 0 Å². The zero-order valence-corrected chi connectivity index (χ0v) is 13.2. The number of carboxylic acid groups (broad SMARTS) is 1. The van der Waals surface area contributed by atoms with Crippen LogP contribution < -0.4 is 5.11 Å². The van der Waals surface area contributed by atoms with Crippen LogP contribution in [0, 0.1) is 28.6 Å². The van der Waals surface area contributed by atoms with Gasteiger partial charge in [-0.15, -0.1) is 0 Å². The lowest BCUT2D eigenvalue weighted by Gasteiger charge is -2.31. The minimum Gasteiger partial charge on any atom is -0.550 e. The molecule has 112 valence electrons. The fourth-order valence-electron chi connectivity index (χ4n) is 4.08. The van der Waals surface area contributed by atoms with E-state index in [0.29, 0.717) is 6.42 Å². The highest BCUT2D eigenvalue weighted by Gasteiger charge is 2.63. The second-order valence-electron chi connectivity index (χ2n) is 7.65.